The Labute approximate surface area is 219 Å². The molecule has 4 aromatic rings. The van der Waals surface area contributed by atoms with Crippen LogP contribution in [-0.4, -0.2) is 55.4 Å². The highest BCUT2D eigenvalue weighted by Crippen LogP contribution is 2.32. The van der Waals surface area contributed by atoms with Crippen LogP contribution in [0, 0.1) is 0 Å². The first-order chi connectivity index (χ1) is 18.4. The van der Waals surface area contributed by atoms with Gasteiger partial charge in [-0.1, -0.05) is 36.4 Å². The van der Waals surface area contributed by atoms with Crippen LogP contribution in [0.3, 0.4) is 0 Å². The molecule has 0 amide bonds. The molecule has 0 aliphatic rings. The van der Waals surface area contributed by atoms with E-state index in [-0.39, 0.29) is 38.9 Å². The minimum Gasteiger partial charge on any atom is -0.478 e. The van der Waals surface area contributed by atoms with Crippen molar-refractivity contribution in [1.29, 1.82) is 0 Å². The Morgan fingerprint density at radius 1 is 0.359 bits per heavy atom. The van der Waals surface area contributed by atoms with E-state index in [1.54, 1.807) is 30.3 Å². The van der Waals surface area contributed by atoms with Crippen LogP contribution in [0.4, 0.5) is 0 Å². The summed E-state index contributed by atoms with van der Waals surface area (Å²) < 4.78 is 0. The first-order valence-electron chi connectivity index (χ1n) is 11.2. The second-order valence-corrected chi connectivity index (χ2v) is 8.46. The van der Waals surface area contributed by atoms with Crippen LogP contribution in [0.15, 0.2) is 78.9 Å². The smallest absolute Gasteiger partial charge is 0.336 e. The molecule has 0 spiro atoms. The van der Waals surface area contributed by atoms with Crippen LogP contribution < -0.4 is 0 Å². The van der Waals surface area contributed by atoms with Crippen LogP contribution in [0.1, 0.15) is 51.8 Å². The minimum atomic E-state index is -1.36. The van der Waals surface area contributed by atoms with Gasteiger partial charge in [0.25, 0.3) is 0 Å². The Kier molecular flexibility index (Phi) is 6.95. The Hall–Kier alpha value is -5.77. The van der Waals surface area contributed by atoms with Gasteiger partial charge in [-0.15, -0.1) is 0 Å². The van der Waals surface area contributed by atoms with Gasteiger partial charge < -0.3 is 25.5 Å². The van der Waals surface area contributed by atoms with E-state index >= 15 is 0 Å². The van der Waals surface area contributed by atoms with E-state index in [1.807, 2.05) is 0 Å². The fraction of sp³-hybridized carbons (Fsp3) is 0. The monoisotopic (exact) mass is 526 g/mol. The number of hydrogen-bond acceptors (Lipinski definition) is 5. The van der Waals surface area contributed by atoms with Crippen LogP contribution >= 0.6 is 0 Å². The van der Waals surface area contributed by atoms with Crippen molar-refractivity contribution >= 4 is 29.8 Å². The highest BCUT2D eigenvalue weighted by Gasteiger charge is 2.18. The van der Waals surface area contributed by atoms with E-state index in [0.717, 1.165) is 12.1 Å². The lowest BCUT2D eigenvalue weighted by molar-refractivity contribution is 0.0676. The molecule has 5 N–H and O–H groups in total. The maximum Gasteiger partial charge on any atom is 0.336 e. The molecule has 39 heavy (non-hydrogen) atoms. The molecular formula is C29H18O10. The first-order valence-corrected chi connectivity index (χ1v) is 11.2. The molecule has 10 nitrogen and oxygen atoms in total. The van der Waals surface area contributed by atoms with Gasteiger partial charge in [0.1, 0.15) is 0 Å². The summed E-state index contributed by atoms with van der Waals surface area (Å²) in [6.45, 7) is 0. The van der Waals surface area contributed by atoms with Gasteiger partial charge >= 0.3 is 29.8 Å². The summed E-state index contributed by atoms with van der Waals surface area (Å²) in [5.74, 6) is -6.59. The molecule has 4 rings (SSSR count). The Morgan fingerprint density at radius 2 is 0.718 bits per heavy atom. The van der Waals surface area contributed by atoms with Gasteiger partial charge in [-0.3, -0.25) is 0 Å². The third-order valence-electron chi connectivity index (χ3n) is 5.97. The number of benzene rings is 4. The van der Waals surface area contributed by atoms with Crippen LogP contribution in [0.25, 0.3) is 33.4 Å². The molecule has 0 unspecified atom stereocenters. The predicted molar refractivity (Wildman–Crippen MR) is 138 cm³/mol. The molecule has 0 radical (unpaired) electrons. The molecule has 0 saturated heterocycles. The largest absolute Gasteiger partial charge is 0.478 e. The fourth-order valence-electron chi connectivity index (χ4n) is 4.08. The lowest BCUT2D eigenvalue weighted by atomic mass is 9.92. The number of aromatic carboxylic acids is 5. The van der Waals surface area contributed by atoms with Crippen LogP contribution in [0.5, 0.6) is 0 Å². The van der Waals surface area contributed by atoms with E-state index < -0.39 is 29.8 Å². The summed E-state index contributed by atoms with van der Waals surface area (Å²) >= 11 is 0. The average molecular weight is 526 g/mol. The van der Waals surface area contributed by atoms with Gasteiger partial charge in [-0.25, -0.2) is 24.0 Å². The highest BCUT2D eigenvalue weighted by molar-refractivity contribution is 6.01. The third-order valence-corrected chi connectivity index (χ3v) is 5.97. The van der Waals surface area contributed by atoms with Crippen molar-refractivity contribution < 1.29 is 49.5 Å². The van der Waals surface area contributed by atoms with Crippen molar-refractivity contribution in [2.24, 2.45) is 0 Å². The molecule has 0 atom stereocenters. The van der Waals surface area contributed by atoms with Crippen molar-refractivity contribution in [1.82, 2.24) is 0 Å². The molecule has 0 aliphatic carbocycles. The van der Waals surface area contributed by atoms with E-state index in [0.29, 0.717) is 22.3 Å². The molecule has 194 valence electrons. The lowest BCUT2D eigenvalue weighted by Gasteiger charge is -2.12. The number of carboxylic acids is 5. The van der Waals surface area contributed by atoms with Crippen molar-refractivity contribution in [3.8, 4) is 33.4 Å². The van der Waals surface area contributed by atoms with E-state index in [4.69, 9.17) is 0 Å². The molecule has 0 bridgehead atoms. The standard InChI is InChI=1S/C29H18O10/c30-25(31)19-7-17(8-20(11-19)26(32)33)15-3-1-14(2-4-15)16-5-6-23(24(13-16)29(38)39)18-9-21(27(34)35)12-22(10-18)28(36)37/h1-13H,(H,30,31)(H,32,33)(H,34,35)(H,36,37)(H,38,39). The summed E-state index contributed by atoms with van der Waals surface area (Å²) in [5, 5.41) is 47.2. The SMILES string of the molecule is O=C(O)c1cc(C(=O)O)cc(-c2ccc(-c3ccc(-c4cc(C(=O)O)cc(C(=O)O)c4)c(C(=O)O)c3)cc2)c1. The lowest BCUT2D eigenvalue weighted by Crippen LogP contribution is -2.05. The molecule has 0 heterocycles. The highest BCUT2D eigenvalue weighted by atomic mass is 16.4. The minimum absolute atomic E-state index is 0.110. The van der Waals surface area contributed by atoms with E-state index in [2.05, 4.69) is 0 Å². The fourth-order valence-corrected chi connectivity index (χ4v) is 4.08. The van der Waals surface area contributed by atoms with Crippen LogP contribution in [-0.2, 0) is 0 Å². The zero-order valence-corrected chi connectivity index (χ0v) is 19.8. The van der Waals surface area contributed by atoms with Crippen molar-refractivity contribution in [3.05, 3.63) is 107 Å². The number of rotatable bonds is 8. The summed E-state index contributed by atoms with van der Waals surface area (Å²) in [5.41, 5.74) is 1.04. The van der Waals surface area contributed by atoms with Gasteiger partial charge in [0.05, 0.1) is 27.8 Å². The second kappa shape index (κ2) is 10.3. The second-order valence-electron chi connectivity index (χ2n) is 8.46. The normalized spacial score (nSPS) is 10.6. The quantitative estimate of drug-likeness (QED) is 0.205. The first kappa shape index (κ1) is 26.3. The molecule has 0 aromatic heterocycles. The zero-order valence-electron chi connectivity index (χ0n) is 19.8. The van der Waals surface area contributed by atoms with Crippen LogP contribution in [0.2, 0.25) is 0 Å². The average Bonchev–Trinajstić information content (AvgIpc) is 2.92. The maximum atomic E-state index is 12.1. The van der Waals surface area contributed by atoms with Crippen molar-refractivity contribution in [2.45, 2.75) is 0 Å². The van der Waals surface area contributed by atoms with Gasteiger partial charge in [0, 0.05) is 0 Å². The Morgan fingerprint density at radius 3 is 1.10 bits per heavy atom. The topological polar surface area (TPSA) is 186 Å². The van der Waals surface area contributed by atoms with E-state index in [9.17, 15) is 49.5 Å². The van der Waals surface area contributed by atoms with Gasteiger partial charge in [-0.2, -0.15) is 0 Å². The van der Waals surface area contributed by atoms with Gasteiger partial charge in [0.15, 0.2) is 0 Å². The molecular weight excluding hydrogens is 508 g/mol. The van der Waals surface area contributed by atoms with Crippen molar-refractivity contribution in [3.63, 3.8) is 0 Å². The Balaban J connectivity index is 1.76. The summed E-state index contributed by atoms with van der Waals surface area (Å²) in [4.78, 5) is 57.9. The summed E-state index contributed by atoms with van der Waals surface area (Å²) in [6.07, 6.45) is 0. The molecule has 10 heteroatoms. The predicted octanol–water partition coefficient (Wildman–Crippen LogP) is 5.18. The molecule has 0 aliphatic heterocycles. The van der Waals surface area contributed by atoms with Gasteiger partial charge in [0.2, 0.25) is 0 Å². The van der Waals surface area contributed by atoms with E-state index in [1.165, 1.54) is 36.4 Å². The third kappa shape index (κ3) is 5.49. The summed E-state index contributed by atoms with van der Waals surface area (Å²) in [7, 11) is 0. The zero-order chi connectivity index (χ0) is 28.4. The molecule has 0 fully saturated rings. The Bertz CT molecular complexity index is 1620. The molecule has 0 saturated carbocycles. The van der Waals surface area contributed by atoms with Crippen molar-refractivity contribution in [2.75, 3.05) is 0 Å². The maximum absolute atomic E-state index is 12.1. The number of hydrogen-bond donors (Lipinski definition) is 5. The number of carbonyl (C=O) groups is 5. The molecule has 4 aromatic carbocycles. The summed E-state index contributed by atoms with van der Waals surface area (Å²) in [6, 6.07) is 18.1. The van der Waals surface area contributed by atoms with Gasteiger partial charge in [-0.05, 0) is 75.8 Å². The number of carboxylic acid groups (broad SMARTS) is 5.